The van der Waals surface area contributed by atoms with E-state index in [-0.39, 0.29) is 25.7 Å². The molecule has 2 unspecified atom stereocenters. The Kier molecular flexibility index (Phi) is 13.8. The van der Waals surface area contributed by atoms with Gasteiger partial charge in [-0.1, -0.05) is 28.0 Å². The summed E-state index contributed by atoms with van der Waals surface area (Å²) < 4.78 is 215. The number of halogens is 14. The molecule has 6 nitrogen and oxygen atoms in total. The Labute approximate surface area is 207 Å². The molecule has 0 aliphatic rings. The summed E-state index contributed by atoms with van der Waals surface area (Å²) in [5.41, 5.74) is 0. The average Bonchev–Trinajstić information content (AvgIpc) is 2.71. The molecule has 1 N–H and O–H groups in total. The summed E-state index contributed by atoms with van der Waals surface area (Å²) in [6, 6.07) is 0. The van der Waals surface area contributed by atoms with Crippen molar-refractivity contribution in [3.63, 3.8) is 0 Å². The topological polar surface area (TPSA) is 97.7 Å². The molecule has 0 aliphatic heterocycles. The smallest absolute Gasteiger partial charge is 0.393 e. The van der Waals surface area contributed by atoms with Crippen LogP contribution in [0.1, 0.15) is 52.4 Å². The second-order valence-corrected chi connectivity index (χ2v) is 10.2. The molecule has 0 aromatic carbocycles. The summed E-state index contributed by atoms with van der Waals surface area (Å²) in [7, 11) is -14.3. The molecule has 22 heteroatoms. The lowest BCUT2D eigenvalue weighted by atomic mass is 10.0. The summed E-state index contributed by atoms with van der Waals surface area (Å²) in [6.07, 6.45) is -11.6. The van der Waals surface area contributed by atoms with Crippen LogP contribution in [0.3, 0.4) is 0 Å². The molecule has 0 aromatic rings. The molecular formula is C16H22F14O6S2. The van der Waals surface area contributed by atoms with Crippen molar-refractivity contribution in [3.05, 3.63) is 0 Å². The highest BCUT2D eigenvalue weighted by Crippen LogP contribution is 2.51. The van der Waals surface area contributed by atoms with Gasteiger partial charge in [-0.25, -0.2) is 8.78 Å². The second kappa shape index (κ2) is 13.5. The zero-order chi connectivity index (χ0) is 31.2. The van der Waals surface area contributed by atoms with Crippen LogP contribution >= 0.6 is 0 Å². The van der Waals surface area contributed by atoms with Crippen molar-refractivity contribution in [2.24, 2.45) is 0 Å². The predicted molar refractivity (Wildman–Crippen MR) is 101 cm³/mol. The Morgan fingerprint density at radius 3 is 1.47 bits per heavy atom. The van der Waals surface area contributed by atoms with Gasteiger partial charge in [-0.3, -0.25) is 0 Å². The predicted octanol–water partition coefficient (Wildman–Crippen LogP) is 6.01. The van der Waals surface area contributed by atoms with Gasteiger partial charge in [0.15, 0.2) is 0 Å². The number of hydrogen-bond acceptors (Lipinski definition) is 6. The summed E-state index contributed by atoms with van der Waals surface area (Å²) in [4.78, 5) is 0. The Balaban J connectivity index is 0. The molecule has 0 aromatic heterocycles. The highest BCUT2D eigenvalue weighted by molar-refractivity contribution is 7.87. The Hall–Kier alpha value is -1.16. The van der Waals surface area contributed by atoms with E-state index in [1.165, 1.54) is 0 Å². The monoisotopic (exact) mass is 640 g/mol. The van der Waals surface area contributed by atoms with Crippen LogP contribution in [0.15, 0.2) is 0 Å². The first kappa shape index (κ1) is 39.0. The van der Waals surface area contributed by atoms with Gasteiger partial charge in [-0.2, -0.15) is 60.7 Å². The van der Waals surface area contributed by atoms with E-state index in [1.807, 2.05) is 0 Å². The van der Waals surface area contributed by atoms with E-state index in [4.69, 9.17) is 0 Å². The van der Waals surface area contributed by atoms with Gasteiger partial charge in [-0.05, 0) is 32.1 Å². The van der Waals surface area contributed by atoms with Crippen LogP contribution in [0.2, 0.25) is 0 Å². The third kappa shape index (κ3) is 9.20. The van der Waals surface area contributed by atoms with Crippen LogP contribution in [0.4, 0.5) is 60.5 Å². The fraction of sp³-hybridized carbons (Fsp3) is 1.00. The largest absolute Gasteiger partial charge is 0.464 e. The van der Waals surface area contributed by atoms with Gasteiger partial charge in [0, 0.05) is 0 Å². The minimum absolute atomic E-state index is 0.0276. The van der Waals surface area contributed by atoms with E-state index in [9.17, 15) is 82.4 Å². The summed E-state index contributed by atoms with van der Waals surface area (Å²) in [5.74, 6) is -13.8. The fourth-order valence-corrected chi connectivity index (χ4v) is 3.05. The van der Waals surface area contributed by atoms with Crippen LogP contribution < -0.4 is 0 Å². The van der Waals surface area contributed by atoms with E-state index >= 15 is 0 Å². The zero-order valence-electron chi connectivity index (χ0n) is 19.1. The van der Waals surface area contributed by atoms with Gasteiger partial charge in [0.2, 0.25) is 0 Å². The number of alkyl halides is 12. The van der Waals surface area contributed by atoms with Crippen molar-refractivity contribution in [2.45, 2.75) is 99.5 Å². The molecule has 0 spiro atoms. The highest BCUT2D eigenvalue weighted by Gasteiger charge is 2.81. The molecule has 0 saturated heterocycles. The Bertz CT molecular complexity index is 940. The first-order valence-corrected chi connectivity index (χ1v) is 12.8. The molecule has 38 heavy (non-hydrogen) atoms. The minimum Gasteiger partial charge on any atom is -0.393 e. The maximum atomic E-state index is 13.3. The van der Waals surface area contributed by atoms with Crippen molar-refractivity contribution in [1.82, 2.24) is 0 Å². The molecule has 0 radical (unpaired) electrons. The van der Waals surface area contributed by atoms with Crippen LogP contribution in [-0.4, -0.2) is 69.0 Å². The maximum absolute atomic E-state index is 13.3. The van der Waals surface area contributed by atoms with E-state index in [0.29, 0.717) is 12.8 Å². The summed E-state index contributed by atoms with van der Waals surface area (Å²) >= 11 is 0. The van der Waals surface area contributed by atoms with Gasteiger partial charge in [0.05, 0.1) is 12.2 Å². The lowest BCUT2D eigenvalue weighted by Gasteiger charge is -2.29. The Morgan fingerprint density at radius 2 is 1.16 bits per heavy atom. The molecule has 0 heterocycles. The molecule has 0 fully saturated rings. The van der Waals surface area contributed by atoms with Crippen LogP contribution in [0.5, 0.6) is 0 Å². The summed E-state index contributed by atoms with van der Waals surface area (Å²) in [5, 5.41) is -3.58. The van der Waals surface area contributed by atoms with Gasteiger partial charge < -0.3 is 9.84 Å². The normalized spacial score (nSPS) is 16.2. The second-order valence-electron chi connectivity index (χ2n) is 7.45. The number of ether oxygens (including phenoxy) is 1. The van der Waals surface area contributed by atoms with E-state index in [1.54, 1.807) is 13.8 Å². The van der Waals surface area contributed by atoms with Crippen molar-refractivity contribution in [2.75, 3.05) is 0 Å². The number of hydrogen-bond donors (Lipinski definition) is 1. The van der Waals surface area contributed by atoms with Crippen LogP contribution in [-0.2, 0) is 25.2 Å². The molecule has 2 atom stereocenters. The molecular weight excluding hydrogens is 618 g/mol. The fourth-order valence-electron chi connectivity index (χ4n) is 2.27. The van der Waals surface area contributed by atoms with E-state index in [2.05, 4.69) is 4.74 Å². The number of aliphatic hydroxyl groups excluding tert-OH is 1. The first-order valence-electron chi connectivity index (χ1n) is 9.99. The van der Waals surface area contributed by atoms with Gasteiger partial charge in [0.25, 0.3) is 0 Å². The standard InChI is InChI=1S/C12H21F5O4S.C4HF9O2S/c1-3-6-10(8-5-7-9(18)4-2)21-11(13,14)12(15,16)22(17,19)20;5-1(6)2(7,8)3(9,10)4(11,12)16(13,14)15/h9-10,18H,3-8H2,1-2H3;1H. The third-order valence-electron chi connectivity index (χ3n) is 4.47. The van der Waals surface area contributed by atoms with Crippen LogP contribution in [0.25, 0.3) is 0 Å². The van der Waals surface area contributed by atoms with E-state index in [0.717, 1.165) is 0 Å². The maximum Gasteiger partial charge on any atom is 0.464 e. The van der Waals surface area contributed by atoms with E-state index < -0.39 is 67.5 Å². The number of aliphatic hydroxyl groups is 1. The average molecular weight is 640 g/mol. The van der Waals surface area contributed by atoms with Crippen molar-refractivity contribution in [3.8, 4) is 0 Å². The van der Waals surface area contributed by atoms with Crippen LogP contribution in [0, 0.1) is 0 Å². The molecule has 0 bridgehead atoms. The van der Waals surface area contributed by atoms with Crippen molar-refractivity contribution in [1.29, 1.82) is 0 Å². The molecule has 232 valence electrons. The summed E-state index contributed by atoms with van der Waals surface area (Å²) in [6.45, 7) is 3.31. The lowest BCUT2D eigenvalue weighted by Crippen LogP contribution is -2.59. The number of rotatable bonds is 15. The quantitative estimate of drug-likeness (QED) is 0.174. The third-order valence-corrected chi connectivity index (χ3v) is 6.19. The molecule has 0 rings (SSSR count). The SMILES string of the molecule is CCCC(CCCC(O)CC)OC(F)(F)C(F)(F)S(=O)(=O)F.O=S(=O)(F)C(F)(F)C(F)(F)C(F)(F)C(F)F. The zero-order valence-corrected chi connectivity index (χ0v) is 20.7. The minimum atomic E-state index is -7.47. The van der Waals surface area contributed by atoms with Gasteiger partial charge in [0.1, 0.15) is 0 Å². The first-order chi connectivity index (χ1) is 16.6. The highest BCUT2D eigenvalue weighted by atomic mass is 32.3. The van der Waals surface area contributed by atoms with Crippen molar-refractivity contribution < 1.29 is 87.1 Å². The van der Waals surface area contributed by atoms with Gasteiger partial charge >= 0.3 is 55.3 Å². The molecule has 0 saturated carbocycles. The van der Waals surface area contributed by atoms with Crippen molar-refractivity contribution >= 4 is 20.4 Å². The molecule has 0 aliphatic carbocycles. The lowest BCUT2D eigenvalue weighted by molar-refractivity contribution is -0.335. The Morgan fingerprint density at radius 1 is 0.737 bits per heavy atom. The van der Waals surface area contributed by atoms with Gasteiger partial charge in [-0.15, -0.1) is 0 Å². The molecule has 0 amide bonds.